The maximum atomic E-state index is 12.3. The third-order valence-electron chi connectivity index (χ3n) is 5.57. The summed E-state index contributed by atoms with van der Waals surface area (Å²) in [5.41, 5.74) is 3.77. The van der Waals surface area contributed by atoms with Crippen molar-refractivity contribution in [1.29, 1.82) is 0 Å². The van der Waals surface area contributed by atoms with Crippen molar-refractivity contribution in [3.63, 3.8) is 0 Å². The Balaban J connectivity index is 1.46. The molecule has 0 radical (unpaired) electrons. The van der Waals surface area contributed by atoms with E-state index in [1.54, 1.807) is 7.11 Å². The van der Waals surface area contributed by atoms with Crippen LogP contribution in [0.5, 0.6) is 11.5 Å². The largest absolute Gasteiger partial charge is 0.493 e. The maximum Gasteiger partial charge on any atom is 0.220 e. The van der Waals surface area contributed by atoms with E-state index in [1.165, 1.54) is 0 Å². The maximum absolute atomic E-state index is 12.3. The molecule has 1 atom stereocenters. The summed E-state index contributed by atoms with van der Waals surface area (Å²) < 4.78 is 16.8. The summed E-state index contributed by atoms with van der Waals surface area (Å²) in [5.74, 6) is 1.10. The SMILES string of the molecule is COc1cc(CNC(=O)CCC(=O)c2ccc(C)c(C)c2)ccc1OCC1CCCO1. The van der Waals surface area contributed by atoms with Gasteiger partial charge in [0.15, 0.2) is 17.3 Å². The first-order chi connectivity index (χ1) is 15.0. The fraction of sp³-hybridized carbons (Fsp3) is 0.440. The Morgan fingerprint density at radius 3 is 2.61 bits per heavy atom. The summed E-state index contributed by atoms with van der Waals surface area (Å²) in [7, 11) is 1.59. The van der Waals surface area contributed by atoms with Crippen LogP contribution in [0.4, 0.5) is 0 Å². The van der Waals surface area contributed by atoms with E-state index >= 15 is 0 Å². The van der Waals surface area contributed by atoms with E-state index in [9.17, 15) is 9.59 Å². The molecule has 0 spiro atoms. The van der Waals surface area contributed by atoms with Crippen molar-refractivity contribution in [3.8, 4) is 11.5 Å². The normalized spacial score (nSPS) is 15.5. The molecule has 1 aliphatic rings. The third kappa shape index (κ3) is 6.56. The average Bonchev–Trinajstić information content (AvgIpc) is 3.30. The van der Waals surface area contributed by atoms with Crippen LogP contribution in [0.3, 0.4) is 0 Å². The first kappa shape index (κ1) is 22.8. The van der Waals surface area contributed by atoms with Gasteiger partial charge in [-0.05, 0) is 61.6 Å². The van der Waals surface area contributed by atoms with Crippen molar-refractivity contribution < 1.29 is 23.8 Å². The Kier molecular flexibility index (Phi) is 8.06. The van der Waals surface area contributed by atoms with Crippen LogP contribution in [0.2, 0.25) is 0 Å². The highest BCUT2D eigenvalue weighted by molar-refractivity contribution is 5.98. The molecule has 6 nitrogen and oxygen atoms in total. The minimum atomic E-state index is -0.158. The number of aryl methyl sites for hydroxylation is 2. The monoisotopic (exact) mass is 425 g/mol. The van der Waals surface area contributed by atoms with Crippen LogP contribution >= 0.6 is 0 Å². The van der Waals surface area contributed by atoms with Crippen molar-refractivity contribution >= 4 is 11.7 Å². The van der Waals surface area contributed by atoms with Gasteiger partial charge in [-0.25, -0.2) is 0 Å². The van der Waals surface area contributed by atoms with Crippen LogP contribution in [0.25, 0.3) is 0 Å². The molecule has 1 heterocycles. The Morgan fingerprint density at radius 2 is 1.90 bits per heavy atom. The number of methoxy groups -OCH3 is 1. The second-order valence-corrected chi connectivity index (χ2v) is 7.93. The molecular formula is C25H31NO5. The third-order valence-corrected chi connectivity index (χ3v) is 5.57. The zero-order chi connectivity index (χ0) is 22.2. The molecule has 1 unspecified atom stereocenters. The van der Waals surface area contributed by atoms with Crippen molar-refractivity contribution in [2.75, 3.05) is 20.3 Å². The lowest BCUT2D eigenvalue weighted by Crippen LogP contribution is -2.23. The van der Waals surface area contributed by atoms with Crippen molar-refractivity contribution in [2.24, 2.45) is 0 Å². The molecule has 0 aliphatic carbocycles. The van der Waals surface area contributed by atoms with Gasteiger partial charge in [0.25, 0.3) is 0 Å². The summed E-state index contributed by atoms with van der Waals surface area (Å²) in [6.45, 7) is 5.64. The number of benzene rings is 2. The molecule has 3 rings (SSSR count). The minimum Gasteiger partial charge on any atom is -0.493 e. The van der Waals surface area contributed by atoms with Crippen LogP contribution in [-0.2, 0) is 16.1 Å². The summed E-state index contributed by atoms with van der Waals surface area (Å²) >= 11 is 0. The van der Waals surface area contributed by atoms with Gasteiger partial charge in [0.05, 0.1) is 13.2 Å². The van der Waals surface area contributed by atoms with Gasteiger partial charge < -0.3 is 19.5 Å². The number of nitrogens with one attached hydrogen (secondary N) is 1. The highest BCUT2D eigenvalue weighted by Crippen LogP contribution is 2.29. The minimum absolute atomic E-state index is 0.0207. The Bertz CT molecular complexity index is 918. The predicted molar refractivity (Wildman–Crippen MR) is 119 cm³/mol. The van der Waals surface area contributed by atoms with E-state index in [-0.39, 0.29) is 30.6 Å². The molecule has 0 bridgehead atoms. The number of carbonyl (C=O) groups excluding carboxylic acids is 2. The van der Waals surface area contributed by atoms with E-state index in [2.05, 4.69) is 5.32 Å². The summed E-state index contributed by atoms with van der Waals surface area (Å²) in [5, 5.41) is 2.87. The van der Waals surface area contributed by atoms with Gasteiger partial charge in [0.2, 0.25) is 5.91 Å². The fourth-order valence-electron chi connectivity index (χ4n) is 3.48. The first-order valence-electron chi connectivity index (χ1n) is 10.7. The average molecular weight is 426 g/mol. The number of ketones is 1. The summed E-state index contributed by atoms with van der Waals surface area (Å²) in [6, 6.07) is 11.2. The Morgan fingerprint density at radius 1 is 1.06 bits per heavy atom. The van der Waals surface area contributed by atoms with Crippen molar-refractivity contribution in [1.82, 2.24) is 5.32 Å². The van der Waals surface area contributed by atoms with Gasteiger partial charge in [0, 0.05) is 31.6 Å². The molecule has 0 aromatic heterocycles. The molecule has 1 amide bonds. The van der Waals surface area contributed by atoms with Gasteiger partial charge in [0.1, 0.15) is 6.61 Å². The molecular weight excluding hydrogens is 394 g/mol. The lowest BCUT2D eigenvalue weighted by Gasteiger charge is -2.15. The fourth-order valence-corrected chi connectivity index (χ4v) is 3.48. The molecule has 2 aromatic carbocycles. The van der Waals surface area contributed by atoms with Gasteiger partial charge in [-0.3, -0.25) is 9.59 Å². The van der Waals surface area contributed by atoms with Gasteiger partial charge >= 0.3 is 0 Å². The van der Waals surface area contributed by atoms with E-state index in [1.807, 2.05) is 50.2 Å². The van der Waals surface area contributed by atoms with Crippen LogP contribution in [0.1, 0.15) is 52.7 Å². The molecule has 1 fully saturated rings. The van der Waals surface area contributed by atoms with E-state index in [4.69, 9.17) is 14.2 Å². The number of hydrogen-bond donors (Lipinski definition) is 1. The van der Waals surface area contributed by atoms with Crippen LogP contribution in [0.15, 0.2) is 36.4 Å². The molecule has 0 saturated carbocycles. The van der Waals surface area contributed by atoms with Crippen LogP contribution < -0.4 is 14.8 Å². The first-order valence-corrected chi connectivity index (χ1v) is 10.7. The molecule has 31 heavy (non-hydrogen) atoms. The zero-order valence-corrected chi connectivity index (χ0v) is 18.5. The second kappa shape index (κ2) is 11.0. The molecule has 1 N–H and O–H groups in total. The molecule has 6 heteroatoms. The molecule has 2 aromatic rings. The quantitative estimate of drug-likeness (QED) is 0.579. The molecule has 1 saturated heterocycles. The van der Waals surface area contributed by atoms with Crippen LogP contribution in [-0.4, -0.2) is 38.1 Å². The summed E-state index contributed by atoms with van der Waals surface area (Å²) in [6.07, 6.45) is 2.56. The number of rotatable bonds is 10. The van der Waals surface area contributed by atoms with Crippen molar-refractivity contribution in [2.45, 2.75) is 52.2 Å². The lowest BCUT2D eigenvalue weighted by molar-refractivity contribution is -0.121. The number of carbonyl (C=O) groups is 2. The lowest BCUT2D eigenvalue weighted by atomic mass is 10.0. The topological polar surface area (TPSA) is 73.9 Å². The van der Waals surface area contributed by atoms with Gasteiger partial charge in [-0.15, -0.1) is 0 Å². The van der Waals surface area contributed by atoms with Gasteiger partial charge in [-0.1, -0.05) is 18.2 Å². The van der Waals surface area contributed by atoms with Crippen LogP contribution in [0, 0.1) is 13.8 Å². The molecule has 166 valence electrons. The van der Waals surface area contributed by atoms with Crippen molar-refractivity contribution in [3.05, 3.63) is 58.7 Å². The molecule has 1 aliphatic heterocycles. The van der Waals surface area contributed by atoms with Gasteiger partial charge in [-0.2, -0.15) is 0 Å². The smallest absolute Gasteiger partial charge is 0.220 e. The Hall–Kier alpha value is -2.86. The number of hydrogen-bond acceptors (Lipinski definition) is 5. The summed E-state index contributed by atoms with van der Waals surface area (Å²) in [4.78, 5) is 24.6. The number of ether oxygens (including phenoxy) is 3. The zero-order valence-electron chi connectivity index (χ0n) is 18.5. The number of amides is 1. The highest BCUT2D eigenvalue weighted by atomic mass is 16.5. The van der Waals surface area contributed by atoms with E-state index < -0.39 is 0 Å². The van der Waals surface area contributed by atoms with E-state index in [0.29, 0.717) is 30.2 Å². The second-order valence-electron chi connectivity index (χ2n) is 7.93. The standard InChI is InChI=1S/C25H31NO5/c1-17-6-8-20(13-18(17)2)22(27)9-11-25(28)26-15-19-7-10-23(24(14-19)29-3)31-16-21-5-4-12-30-21/h6-8,10,13-14,21H,4-5,9,11-12,15-16H2,1-3H3,(H,26,28). The predicted octanol–water partition coefficient (Wildman–Crippen LogP) is 4.15. The Labute approximate surface area is 183 Å². The van der Waals surface area contributed by atoms with E-state index in [0.717, 1.165) is 36.1 Å². The number of Topliss-reactive ketones (excluding diaryl/α,β-unsaturated/α-hetero) is 1. The highest BCUT2D eigenvalue weighted by Gasteiger charge is 2.17.